The first-order valence-corrected chi connectivity index (χ1v) is 6.26. The van der Waals surface area contributed by atoms with E-state index in [0.29, 0.717) is 5.41 Å². The Morgan fingerprint density at radius 1 is 0.929 bits per heavy atom. The smallest absolute Gasteiger partial charge is 0.0185 e. The fraction of sp³-hybridized carbons (Fsp3) is 0.857. The number of hydrogen-bond donors (Lipinski definition) is 0. The predicted molar refractivity (Wildman–Crippen MR) is 62.2 cm³/mol. The molecule has 0 aromatic rings. The summed E-state index contributed by atoms with van der Waals surface area (Å²) in [5.41, 5.74) is 0.467. The van der Waals surface area contributed by atoms with Gasteiger partial charge in [0.05, 0.1) is 0 Å². The van der Waals surface area contributed by atoms with E-state index in [9.17, 15) is 0 Å². The van der Waals surface area contributed by atoms with Crippen LogP contribution in [0.5, 0.6) is 0 Å². The van der Waals surface area contributed by atoms with Crippen LogP contribution >= 0.6 is 0 Å². The lowest BCUT2D eigenvalue weighted by molar-refractivity contribution is 0.262. The zero-order valence-electron chi connectivity index (χ0n) is 9.92. The lowest BCUT2D eigenvalue weighted by atomic mass is 9.78. The van der Waals surface area contributed by atoms with Gasteiger partial charge in [-0.3, -0.25) is 0 Å². The molecule has 0 spiro atoms. The maximum absolute atomic E-state index is 2.54. The molecule has 0 radical (unpaired) electrons. The molecular formula is C14H24. The fourth-order valence-corrected chi connectivity index (χ4v) is 3.17. The molecule has 0 nitrogen and oxygen atoms in total. The minimum atomic E-state index is 0.467. The van der Waals surface area contributed by atoms with E-state index in [1.807, 2.05) is 0 Å². The topological polar surface area (TPSA) is 0 Å². The van der Waals surface area contributed by atoms with Gasteiger partial charge in [-0.2, -0.15) is 0 Å². The Bertz CT molecular complexity index is 219. The second-order valence-electron chi connectivity index (χ2n) is 6.29. The predicted octanol–water partition coefficient (Wildman–Crippen LogP) is 4.42. The van der Waals surface area contributed by atoms with Crippen LogP contribution in [0.3, 0.4) is 0 Å². The van der Waals surface area contributed by atoms with Crippen LogP contribution in [-0.4, -0.2) is 0 Å². The highest BCUT2D eigenvalue weighted by molar-refractivity contribution is 5.03. The van der Waals surface area contributed by atoms with Crippen molar-refractivity contribution in [1.82, 2.24) is 0 Å². The van der Waals surface area contributed by atoms with Crippen molar-refractivity contribution in [3.63, 3.8) is 0 Å². The molecule has 0 amide bonds. The summed E-state index contributed by atoms with van der Waals surface area (Å²) in [5, 5.41) is 0. The van der Waals surface area contributed by atoms with Crippen LogP contribution in [0.4, 0.5) is 0 Å². The Morgan fingerprint density at radius 3 is 2.43 bits per heavy atom. The average molecular weight is 192 g/mol. The van der Waals surface area contributed by atoms with Gasteiger partial charge >= 0.3 is 0 Å². The second-order valence-corrected chi connectivity index (χ2v) is 6.29. The normalized spacial score (nSPS) is 38.1. The van der Waals surface area contributed by atoms with Crippen LogP contribution < -0.4 is 0 Å². The molecule has 0 aromatic heterocycles. The SMILES string of the molecule is CC(C)(C)C1C=CC2CCCC2CC1. The van der Waals surface area contributed by atoms with Crippen molar-refractivity contribution < 1.29 is 0 Å². The molecule has 0 N–H and O–H groups in total. The molecule has 0 bridgehead atoms. The highest BCUT2D eigenvalue weighted by Gasteiger charge is 2.31. The van der Waals surface area contributed by atoms with Crippen LogP contribution in [0.2, 0.25) is 0 Å². The van der Waals surface area contributed by atoms with Gasteiger partial charge in [-0.15, -0.1) is 0 Å². The summed E-state index contributed by atoms with van der Waals surface area (Å²) in [4.78, 5) is 0. The van der Waals surface area contributed by atoms with Gasteiger partial charge in [0.1, 0.15) is 0 Å². The highest BCUT2D eigenvalue weighted by atomic mass is 14.4. The Balaban J connectivity index is 2.06. The molecule has 0 saturated heterocycles. The van der Waals surface area contributed by atoms with Crippen molar-refractivity contribution in [3.05, 3.63) is 12.2 Å². The van der Waals surface area contributed by atoms with Gasteiger partial charge < -0.3 is 0 Å². The minimum absolute atomic E-state index is 0.467. The first-order valence-electron chi connectivity index (χ1n) is 6.26. The molecule has 14 heavy (non-hydrogen) atoms. The molecule has 1 fully saturated rings. The van der Waals surface area contributed by atoms with Crippen molar-refractivity contribution in [3.8, 4) is 0 Å². The number of allylic oxidation sites excluding steroid dienone is 2. The van der Waals surface area contributed by atoms with E-state index < -0.39 is 0 Å². The summed E-state index contributed by atoms with van der Waals surface area (Å²) in [7, 11) is 0. The monoisotopic (exact) mass is 192 g/mol. The Hall–Kier alpha value is -0.260. The quantitative estimate of drug-likeness (QED) is 0.499. The summed E-state index contributed by atoms with van der Waals surface area (Å²) in [6, 6.07) is 0. The summed E-state index contributed by atoms with van der Waals surface area (Å²) in [6.45, 7) is 7.13. The van der Waals surface area contributed by atoms with E-state index in [1.165, 1.54) is 32.1 Å². The van der Waals surface area contributed by atoms with Gasteiger partial charge in [0.15, 0.2) is 0 Å². The fourth-order valence-electron chi connectivity index (χ4n) is 3.17. The third-order valence-corrected chi connectivity index (χ3v) is 4.27. The van der Waals surface area contributed by atoms with Crippen LogP contribution in [-0.2, 0) is 0 Å². The lowest BCUT2D eigenvalue weighted by Gasteiger charge is -2.27. The third-order valence-electron chi connectivity index (χ3n) is 4.27. The van der Waals surface area contributed by atoms with Gasteiger partial charge in [0, 0.05) is 0 Å². The standard InChI is InChI=1S/C14H24/c1-14(2,3)13-9-7-11-5-4-6-12(11)8-10-13/h7,9,11-13H,4-6,8,10H2,1-3H3. The molecule has 80 valence electrons. The van der Waals surface area contributed by atoms with Gasteiger partial charge in [0.25, 0.3) is 0 Å². The van der Waals surface area contributed by atoms with Crippen LogP contribution in [0, 0.1) is 23.2 Å². The van der Waals surface area contributed by atoms with E-state index in [2.05, 4.69) is 32.9 Å². The van der Waals surface area contributed by atoms with Crippen molar-refractivity contribution in [2.45, 2.75) is 52.9 Å². The van der Waals surface area contributed by atoms with Crippen molar-refractivity contribution in [2.75, 3.05) is 0 Å². The molecule has 3 unspecified atom stereocenters. The van der Waals surface area contributed by atoms with Crippen LogP contribution in [0.25, 0.3) is 0 Å². The van der Waals surface area contributed by atoms with Crippen molar-refractivity contribution >= 4 is 0 Å². The van der Waals surface area contributed by atoms with Gasteiger partial charge in [-0.25, -0.2) is 0 Å². The molecule has 0 aliphatic heterocycles. The molecule has 1 saturated carbocycles. The summed E-state index contributed by atoms with van der Waals surface area (Å²) < 4.78 is 0. The molecule has 2 aliphatic carbocycles. The maximum Gasteiger partial charge on any atom is -0.0185 e. The first kappa shape index (κ1) is 10.3. The van der Waals surface area contributed by atoms with Gasteiger partial charge in [-0.05, 0) is 48.9 Å². The first-order chi connectivity index (χ1) is 6.57. The number of hydrogen-bond acceptors (Lipinski definition) is 0. The zero-order valence-corrected chi connectivity index (χ0v) is 9.92. The zero-order chi connectivity index (χ0) is 10.2. The van der Waals surface area contributed by atoms with Gasteiger partial charge in [-0.1, -0.05) is 39.3 Å². The molecule has 3 atom stereocenters. The minimum Gasteiger partial charge on any atom is -0.0848 e. The molecule has 2 rings (SSSR count). The van der Waals surface area contributed by atoms with E-state index in [1.54, 1.807) is 0 Å². The van der Waals surface area contributed by atoms with E-state index in [0.717, 1.165) is 17.8 Å². The molecule has 0 heteroatoms. The molecular weight excluding hydrogens is 168 g/mol. The third kappa shape index (κ3) is 2.04. The molecule has 2 aliphatic rings. The maximum atomic E-state index is 2.54. The van der Waals surface area contributed by atoms with Crippen molar-refractivity contribution in [2.24, 2.45) is 23.2 Å². The summed E-state index contributed by atoms with van der Waals surface area (Å²) >= 11 is 0. The number of rotatable bonds is 0. The largest absolute Gasteiger partial charge is 0.0848 e. The highest BCUT2D eigenvalue weighted by Crippen LogP contribution is 2.42. The summed E-state index contributed by atoms with van der Waals surface area (Å²) in [5.74, 6) is 2.77. The Morgan fingerprint density at radius 2 is 1.71 bits per heavy atom. The van der Waals surface area contributed by atoms with Crippen LogP contribution in [0.15, 0.2) is 12.2 Å². The van der Waals surface area contributed by atoms with Crippen molar-refractivity contribution in [1.29, 1.82) is 0 Å². The Kier molecular flexibility index (Phi) is 2.72. The summed E-state index contributed by atoms with van der Waals surface area (Å²) in [6.07, 6.45) is 12.4. The molecule has 0 aromatic carbocycles. The Labute approximate surface area is 88.8 Å². The second kappa shape index (κ2) is 3.72. The number of fused-ring (bicyclic) bond motifs is 1. The average Bonchev–Trinajstić information content (AvgIpc) is 2.42. The lowest BCUT2D eigenvalue weighted by Crippen LogP contribution is -2.18. The van der Waals surface area contributed by atoms with Gasteiger partial charge in [0.2, 0.25) is 0 Å². The van der Waals surface area contributed by atoms with E-state index in [4.69, 9.17) is 0 Å². The van der Waals surface area contributed by atoms with E-state index >= 15 is 0 Å². The van der Waals surface area contributed by atoms with Crippen LogP contribution in [0.1, 0.15) is 52.9 Å². The van der Waals surface area contributed by atoms with E-state index in [-0.39, 0.29) is 0 Å². The molecule has 0 heterocycles.